The molecule has 0 bridgehead atoms. The highest BCUT2D eigenvalue weighted by Crippen LogP contribution is 2.74. The SMILES string of the molecule is CCC(=O)O[C@H]1C[C@@]2(C)C(CC(O)C3[C@@]4(C)CC[C@@H](O)[C@@H](C)C4CC[C@@]32C)[C@H]1[C@@H](CC=C(C)C)C(=O)O. The molecular weight excluding hydrogens is 468 g/mol. The second-order valence-corrected chi connectivity index (χ2v) is 14.0. The Morgan fingerprint density at radius 1 is 1.03 bits per heavy atom. The third-order valence-electron chi connectivity index (χ3n) is 12.1. The number of carboxylic acids is 1. The maximum Gasteiger partial charge on any atom is 0.307 e. The highest BCUT2D eigenvalue weighted by molar-refractivity contribution is 5.72. The van der Waals surface area contributed by atoms with E-state index in [-0.39, 0.29) is 58.4 Å². The van der Waals surface area contributed by atoms with E-state index in [0.717, 1.165) is 31.3 Å². The van der Waals surface area contributed by atoms with Crippen LogP contribution in [-0.2, 0) is 14.3 Å². The van der Waals surface area contributed by atoms with Gasteiger partial charge < -0.3 is 20.1 Å². The van der Waals surface area contributed by atoms with Gasteiger partial charge in [-0.3, -0.25) is 9.59 Å². The largest absolute Gasteiger partial charge is 0.481 e. The summed E-state index contributed by atoms with van der Waals surface area (Å²) in [7, 11) is 0. The average Bonchev–Trinajstić information content (AvgIpc) is 3.08. The van der Waals surface area contributed by atoms with E-state index < -0.39 is 24.1 Å². The second kappa shape index (κ2) is 9.97. The number of fused-ring (bicyclic) bond motifs is 5. The lowest BCUT2D eigenvalue weighted by atomic mass is 9.36. The number of aliphatic carboxylic acids is 1. The smallest absolute Gasteiger partial charge is 0.307 e. The lowest BCUT2D eigenvalue weighted by Gasteiger charge is -2.69. The third kappa shape index (κ3) is 4.38. The zero-order valence-electron chi connectivity index (χ0n) is 24.0. The number of carbonyl (C=O) groups excluding carboxylic acids is 1. The van der Waals surface area contributed by atoms with Crippen molar-refractivity contribution in [2.75, 3.05) is 0 Å². The van der Waals surface area contributed by atoms with Gasteiger partial charge in [-0.25, -0.2) is 0 Å². The second-order valence-electron chi connectivity index (χ2n) is 14.0. The first-order valence-corrected chi connectivity index (χ1v) is 14.6. The molecule has 0 aliphatic heterocycles. The minimum absolute atomic E-state index is 0.0446. The molecule has 0 spiro atoms. The molecule has 4 aliphatic rings. The predicted molar refractivity (Wildman–Crippen MR) is 143 cm³/mol. The van der Waals surface area contributed by atoms with Gasteiger partial charge in [-0.2, -0.15) is 0 Å². The van der Waals surface area contributed by atoms with Crippen molar-refractivity contribution in [3.05, 3.63) is 11.6 Å². The van der Waals surface area contributed by atoms with Crippen LogP contribution in [0.2, 0.25) is 0 Å². The fourth-order valence-electron chi connectivity index (χ4n) is 10.2. The van der Waals surface area contributed by atoms with Gasteiger partial charge in [0.25, 0.3) is 0 Å². The molecular formula is C31H50O6. The van der Waals surface area contributed by atoms with Gasteiger partial charge in [-0.05, 0) is 98.7 Å². The molecule has 4 unspecified atom stereocenters. The van der Waals surface area contributed by atoms with E-state index in [1.54, 1.807) is 6.92 Å². The number of aliphatic hydroxyl groups excluding tert-OH is 2. The van der Waals surface area contributed by atoms with Crippen molar-refractivity contribution in [1.29, 1.82) is 0 Å². The van der Waals surface area contributed by atoms with Crippen molar-refractivity contribution in [2.24, 2.45) is 51.8 Å². The number of ether oxygens (including phenoxy) is 1. The molecule has 4 aliphatic carbocycles. The van der Waals surface area contributed by atoms with E-state index in [0.29, 0.717) is 25.2 Å². The van der Waals surface area contributed by atoms with Gasteiger partial charge in [0.05, 0.1) is 18.1 Å². The molecule has 0 aromatic carbocycles. The standard InChI is InChI=1S/C31H50O6/c1-8-25(34)37-24-16-31(7)21(26(24)19(28(35)36)10-9-17(2)3)15-23(33)27-29(5)13-12-22(32)18(4)20(29)11-14-30(27,31)6/h9,18-24,26-27,32-33H,8,10-16H2,1-7H3,(H,35,36)/t18-,19+,20?,21?,22+,23?,24-,26+,27?,29-,30-,31-/m0/s1. The average molecular weight is 519 g/mol. The topological polar surface area (TPSA) is 104 Å². The van der Waals surface area contributed by atoms with Crippen LogP contribution in [0.1, 0.15) is 99.8 Å². The number of aliphatic hydroxyl groups is 2. The summed E-state index contributed by atoms with van der Waals surface area (Å²) in [5.74, 6) is -1.54. The molecule has 0 aromatic heterocycles. The fourth-order valence-corrected chi connectivity index (χ4v) is 10.2. The zero-order chi connectivity index (χ0) is 27.5. The molecule has 12 atom stereocenters. The molecule has 4 fully saturated rings. The summed E-state index contributed by atoms with van der Waals surface area (Å²) in [6, 6.07) is 0. The molecule has 0 saturated heterocycles. The first kappa shape index (κ1) is 28.6. The number of allylic oxidation sites excluding steroid dienone is 2. The maximum atomic E-state index is 12.7. The van der Waals surface area contributed by atoms with Crippen LogP contribution in [0.25, 0.3) is 0 Å². The number of carboxylic acid groups (broad SMARTS) is 1. The van der Waals surface area contributed by atoms with Gasteiger partial charge in [0.15, 0.2) is 0 Å². The van der Waals surface area contributed by atoms with Crippen LogP contribution in [0.15, 0.2) is 11.6 Å². The van der Waals surface area contributed by atoms with Gasteiger partial charge >= 0.3 is 11.9 Å². The molecule has 210 valence electrons. The molecule has 4 saturated carbocycles. The number of esters is 1. The summed E-state index contributed by atoms with van der Waals surface area (Å²) < 4.78 is 6.05. The van der Waals surface area contributed by atoms with Gasteiger partial charge in [0.2, 0.25) is 0 Å². The Morgan fingerprint density at radius 2 is 1.70 bits per heavy atom. The van der Waals surface area contributed by atoms with E-state index in [2.05, 4.69) is 27.7 Å². The van der Waals surface area contributed by atoms with E-state index >= 15 is 0 Å². The van der Waals surface area contributed by atoms with Crippen LogP contribution in [0.3, 0.4) is 0 Å². The number of rotatable bonds is 6. The molecule has 4 rings (SSSR count). The Balaban J connectivity index is 1.78. The van der Waals surface area contributed by atoms with Gasteiger partial charge in [-0.15, -0.1) is 0 Å². The maximum absolute atomic E-state index is 12.7. The fraction of sp³-hybridized carbons (Fsp3) is 0.871. The highest BCUT2D eigenvalue weighted by atomic mass is 16.5. The van der Waals surface area contributed by atoms with Gasteiger partial charge in [0.1, 0.15) is 6.10 Å². The normalized spacial score (nSPS) is 47.7. The number of carbonyl (C=O) groups is 2. The molecule has 6 heteroatoms. The molecule has 3 N–H and O–H groups in total. The zero-order valence-corrected chi connectivity index (χ0v) is 24.0. The van der Waals surface area contributed by atoms with E-state index in [9.17, 15) is 24.9 Å². The van der Waals surface area contributed by atoms with Crippen molar-refractivity contribution in [1.82, 2.24) is 0 Å². The first-order valence-electron chi connectivity index (χ1n) is 14.6. The summed E-state index contributed by atoms with van der Waals surface area (Å²) in [6.07, 6.45) is 6.14. The predicted octanol–water partition coefficient (Wildman–Crippen LogP) is 5.60. The van der Waals surface area contributed by atoms with Crippen molar-refractivity contribution in [3.63, 3.8) is 0 Å². The first-order chi connectivity index (χ1) is 17.2. The van der Waals surface area contributed by atoms with Crippen molar-refractivity contribution >= 4 is 11.9 Å². The summed E-state index contributed by atoms with van der Waals surface area (Å²) in [6.45, 7) is 14.9. The molecule has 0 amide bonds. The summed E-state index contributed by atoms with van der Waals surface area (Å²) in [5, 5.41) is 33.0. The Labute approximate surface area is 223 Å². The van der Waals surface area contributed by atoms with Crippen LogP contribution >= 0.6 is 0 Å². The quantitative estimate of drug-likeness (QED) is 0.312. The Bertz CT molecular complexity index is 925. The number of hydrogen-bond donors (Lipinski definition) is 3. The minimum atomic E-state index is -0.850. The van der Waals surface area contributed by atoms with E-state index in [4.69, 9.17) is 4.74 Å². The minimum Gasteiger partial charge on any atom is -0.481 e. The molecule has 37 heavy (non-hydrogen) atoms. The van der Waals surface area contributed by atoms with Crippen LogP contribution in [-0.4, -0.2) is 45.6 Å². The Kier molecular flexibility index (Phi) is 7.71. The van der Waals surface area contributed by atoms with Crippen molar-refractivity contribution < 1.29 is 29.6 Å². The summed E-state index contributed by atoms with van der Waals surface area (Å²) >= 11 is 0. The van der Waals surface area contributed by atoms with E-state index in [1.807, 2.05) is 19.9 Å². The lowest BCUT2D eigenvalue weighted by molar-refractivity contribution is -0.240. The third-order valence-corrected chi connectivity index (χ3v) is 12.1. The van der Waals surface area contributed by atoms with Crippen LogP contribution in [0, 0.1) is 51.8 Å². The van der Waals surface area contributed by atoms with Gasteiger partial charge in [-0.1, -0.05) is 46.3 Å². The van der Waals surface area contributed by atoms with Crippen molar-refractivity contribution in [2.45, 2.75) is 118 Å². The summed E-state index contributed by atoms with van der Waals surface area (Å²) in [5.41, 5.74) is 0.519. The molecule has 0 heterocycles. The Hall–Kier alpha value is -1.40. The van der Waals surface area contributed by atoms with Crippen LogP contribution in [0.5, 0.6) is 0 Å². The number of hydrogen-bond acceptors (Lipinski definition) is 5. The highest BCUT2D eigenvalue weighted by Gasteiger charge is 2.72. The lowest BCUT2D eigenvalue weighted by Crippen LogP contribution is -2.66. The molecule has 0 aromatic rings. The monoisotopic (exact) mass is 518 g/mol. The summed E-state index contributed by atoms with van der Waals surface area (Å²) in [4.78, 5) is 25.2. The van der Waals surface area contributed by atoms with Crippen molar-refractivity contribution in [3.8, 4) is 0 Å². The van der Waals surface area contributed by atoms with Gasteiger partial charge in [0, 0.05) is 12.3 Å². The molecule has 0 radical (unpaired) electrons. The Morgan fingerprint density at radius 3 is 2.30 bits per heavy atom. The van der Waals surface area contributed by atoms with E-state index in [1.165, 1.54) is 0 Å². The molecule has 6 nitrogen and oxygen atoms in total. The van der Waals surface area contributed by atoms with Crippen LogP contribution in [0.4, 0.5) is 0 Å². The van der Waals surface area contributed by atoms with Crippen LogP contribution < -0.4 is 0 Å².